The van der Waals surface area contributed by atoms with Crippen molar-refractivity contribution in [2.45, 2.75) is 20.8 Å². The summed E-state index contributed by atoms with van der Waals surface area (Å²) in [5, 5.41) is 7.49. The number of carbonyl (C=O) groups is 1. The van der Waals surface area contributed by atoms with Crippen molar-refractivity contribution < 1.29 is 4.79 Å². The number of nitrogens with one attached hydrogen (secondary N) is 2. The molecule has 3 heterocycles. The molecule has 1 aromatic carbocycles. The van der Waals surface area contributed by atoms with E-state index in [0.717, 1.165) is 10.2 Å². The molecule has 4 aromatic rings. The minimum atomic E-state index is -0.344. The van der Waals surface area contributed by atoms with Crippen molar-refractivity contribution in [2.24, 2.45) is 0 Å². The Balaban J connectivity index is 1.71. The maximum atomic E-state index is 12.7. The average Bonchev–Trinajstić information content (AvgIpc) is 3.22. The van der Waals surface area contributed by atoms with Crippen LogP contribution >= 0.6 is 11.3 Å². The SMILES string of the molecule is Cc1cc(NC(=O)c2nc3ccccc3s2)n(-c2nc(C)c(C)c(=O)[nH]2)n1. The first-order valence-electron chi connectivity index (χ1n) is 8.24. The number of carbonyl (C=O) groups excluding carboxylic acids is 1. The fourth-order valence-corrected chi connectivity index (χ4v) is 3.48. The number of hydrogen-bond acceptors (Lipinski definition) is 6. The van der Waals surface area contributed by atoms with Crippen LogP contribution in [-0.4, -0.2) is 30.6 Å². The summed E-state index contributed by atoms with van der Waals surface area (Å²) in [7, 11) is 0. The number of anilines is 1. The van der Waals surface area contributed by atoms with Crippen LogP contribution in [0, 0.1) is 20.8 Å². The van der Waals surface area contributed by atoms with Gasteiger partial charge in [-0.3, -0.25) is 14.6 Å². The van der Waals surface area contributed by atoms with Crippen LogP contribution in [0.1, 0.15) is 26.8 Å². The number of aromatic amines is 1. The molecule has 0 radical (unpaired) electrons. The maximum Gasteiger partial charge on any atom is 0.285 e. The maximum absolute atomic E-state index is 12.7. The van der Waals surface area contributed by atoms with Crippen molar-refractivity contribution in [3.8, 4) is 5.95 Å². The molecule has 2 N–H and O–H groups in total. The van der Waals surface area contributed by atoms with Crippen molar-refractivity contribution in [3.63, 3.8) is 0 Å². The monoisotopic (exact) mass is 380 g/mol. The summed E-state index contributed by atoms with van der Waals surface area (Å²) in [4.78, 5) is 36.2. The number of para-hydroxylation sites is 1. The normalized spacial score (nSPS) is 11.1. The molecule has 4 rings (SSSR count). The van der Waals surface area contributed by atoms with E-state index < -0.39 is 0 Å². The quantitative estimate of drug-likeness (QED) is 0.568. The van der Waals surface area contributed by atoms with Gasteiger partial charge < -0.3 is 5.32 Å². The number of amides is 1. The molecule has 0 aliphatic heterocycles. The number of hydrogen-bond donors (Lipinski definition) is 2. The number of rotatable bonds is 3. The van der Waals surface area contributed by atoms with Gasteiger partial charge in [-0.05, 0) is 32.9 Å². The van der Waals surface area contributed by atoms with Gasteiger partial charge >= 0.3 is 0 Å². The Kier molecular flexibility index (Phi) is 4.08. The molecule has 0 spiro atoms. The third-order valence-corrected chi connectivity index (χ3v) is 5.18. The van der Waals surface area contributed by atoms with E-state index in [4.69, 9.17) is 0 Å². The second kappa shape index (κ2) is 6.44. The summed E-state index contributed by atoms with van der Waals surface area (Å²) in [6.07, 6.45) is 0. The van der Waals surface area contributed by atoms with Crippen LogP contribution in [0.15, 0.2) is 35.1 Å². The summed E-state index contributed by atoms with van der Waals surface area (Å²) >= 11 is 1.31. The van der Waals surface area contributed by atoms with Gasteiger partial charge in [-0.2, -0.15) is 9.78 Å². The van der Waals surface area contributed by atoms with E-state index in [1.165, 1.54) is 16.0 Å². The van der Waals surface area contributed by atoms with Gasteiger partial charge in [-0.25, -0.2) is 9.97 Å². The molecule has 136 valence electrons. The highest BCUT2D eigenvalue weighted by atomic mass is 32.1. The third-order valence-electron chi connectivity index (χ3n) is 4.14. The largest absolute Gasteiger partial charge is 0.304 e. The summed E-state index contributed by atoms with van der Waals surface area (Å²) in [6.45, 7) is 5.25. The Bertz CT molecular complexity index is 1200. The molecule has 27 heavy (non-hydrogen) atoms. The van der Waals surface area contributed by atoms with Gasteiger partial charge in [0.25, 0.3) is 11.5 Å². The lowest BCUT2D eigenvalue weighted by Gasteiger charge is -2.08. The van der Waals surface area contributed by atoms with Crippen LogP contribution in [0.3, 0.4) is 0 Å². The standard InChI is InChI=1S/C18H16N6O2S/c1-9-8-14(24(23-9)18-19-11(3)10(2)15(25)22-18)21-16(26)17-20-12-6-4-5-7-13(12)27-17/h4-8H,1-3H3,(H,21,26)(H,19,22,25). The van der Waals surface area contributed by atoms with Crippen LogP contribution in [0.2, 0.25) is 0 Å². The summed E-state index contributed by atoms with van der Waals surface area (Å²) < 4.78 is 2.35. The first-order valence-corrected chi connectivity index (χ1v) is 9.05. The Morgan fingerprint density at radius 3 is 2.70 bits per heavy atom. The second-order valence-corrected chi connectivity index (χ2v) is 7.15. The number of aromatic nitrogens is 5. The van der Waals surface area contributed by atoms with E-state index in [-0.39, 0.29) is 17.4 Å². The summed E-state index contributed by atoms with van der Waals surface area (Å²) in [5.41, 5.74) is 2.36. The van der Waals surface area contributed by atoms with Crippen molar-refractivity contribution >= 4 is 33.3 Å². The smallest absolute Gasteiger partial charge is 0.285 e. The minimum Gasteiger partial charge on any atom is -0.304 e. The molecule has 8 nitrogen and oxygen atoms in total. The second-order valence-electron chi connectivity index (χ2n) is 6.12. The Labute approximate surface area is 157 Å². The molecule has 0 aliphatic carbocycles. The molecular weight excluding hydrogens is 364 g/mol. The minimum absolute atomic E-state index is 0.242. The van der Waals surface area contributed by atoms with E-state index in [2.05, 4.69) is 25.4 Å². The number of fused-ring (bicyclic) bond motifs is 1. The Hall–Kier alpha value is -3.33. The molecule has 0 atom stereocenters. The predicted molar refractivity (Wildman–Crippen MR) is 104 cm³/mol. The van der Waals surface area contributed by atoms with Crippen LogP contribution < -0.4 is 10.9 Å². The number of benzene rings is 1. The van der Waals surface area contributed by atoms with Crippen LogP contribution in [0.25, 0.3) is 16.2 Å². The van der Waals surface area contributed by atoms with Gasteiger partial charge in [0.2, 0.25) is 5.95 Å². The number of nitrogens with zero attached hydrogens (tertiary/aromatic N) is 4. The molecule has 0 unspecified atom stereocenters. The molecule has 0 saturated carbocycles. The van der Waals surface area contributed by atoms with Gasteiger partial charge in [-0.15, -0.1) is 11.3 Å². The van der Waals surface area contributed by atoms with Gasteiger partial charge in [0.05, 0.1) is 15.9 Å². The molecule has 0 fully saturated rings. The fraction of sp³-hybridized carbons (Fsp3) is 0.167. The van der Waals surface area contributed by atoms with E-state index in [1.54, 1.807) is 26.8 Å². The molecule has 1 amide bonds. The molecular formula is C18H16N6O2S. The zero-order chi connectivity index (χ0) is 19.1. The lowest BCUT2D eigenvalue weighted by molar-refractivity contribution is 0.102. The van der Waals surface area contributed by atoms with Crippen LogP contribution in [0.5, 0.6) is 0 Å². The van der Waals surface area contributed by atoms with Crippen molar-refractivity contribution in [2.75, 3.05) is 5.32 Å². The Morgan fingerprint density at radius 1 is 1.19 bits per heavy atom. The number of thiazole rings is 1. The first kappa shape index (κ1) is 17.1. The van der Waals surface area contributed by atoms with Gasteiger partial charge in [0.15, 0.2) is 5.01 Å². The van der Waals surface area contributed by atoms with Gasteiger partial charge in [-0.1, -0.05) is 12.1 Å². The number of aryl methyl sites for hydroxylation is 2. The molecule has 0 bridgehead atoms. The lowest BCUT2D eigenvalue weighted by atomic mass is 10.3. The topological polar surface area (TPSA) is 106 Å². The lowest BCUT2D eigenvalue weighted by Crippen LogP contribution is -2.20. The number of H-pyrrole nitrogens is 1. The van der Waals surface area contributed by atoms with Crippen LogP contribution in [-0.2, 0) is 0 Å². The van der Waals surface area contributed by atoms with Crippen molar-refractivity contribution in [1.82, 2.24) is 24.7 Å². The van der Waals surface area contributed by atoms with Gasteiger partial charge in [0.1, 0.15) is 5.82 Å². The highest BCUT2D eigenvalue weighted by Crippen LogP contribution is 2.23. The highest BCUT2D eigenvalue weighted by molar-refractivity contribution is 7.20. The third kappa shape index (κ3) is 3.13. The summed E-state index contributed by atoms with van der Waals surface area (Å²) in [5.74, 6) is 0.308. The zero-order valence-electron chi connectivity index (χ0n) is 14.9. The average molecular weight is 380 g/mol. The summed E-state index contributed by atoms with van der Waals surface area (Å²) in [6, 6.07) is 9.27. The molecule has 0 aliphatic rings. The van der Waals surface area contributed by atoms with E-state index in [0.29, 0.717) is 27.8 Å². The molecule has 3 aromatic heterocycles. The molecule has 9 heteroatoms. The Morgan fingerprint density at radius 2 is 1.96 bits per heavy atom. The first-order chi connectivity index (χ1) is 12.9. The predicted octanol–water partition coefficient (Wildman–Crippen LogP) is 2.74. The highest BCUT2D eigenvalue weighted by Gasteiger charge is 2.17. The van der Waals surface area contributed by atoms with E-state index >= 15 is 0 Å². The van der Waals surface area contributed by atoms with Gasteiger partial charge in [0, 0.05) is 17.3 Å². The zero-order valence-corrected chi connectivity index (χ0v) is 15.7. The fourth-order valence-electron chi connectivity index (χ4n) is 2.62. The van der Waals surface area contributed by atoms with Crippen molar-refractivity contribution in [1.29, 1.82) is 0 Å². The molecule has 0 saturated heterocycles. The van der Waals surface area contributed by atoms with Crippen molar-refractivity contribution in [3.05, 3.63) is 62.6 Å². The van der Waals surface area contributed by atoms with E-state index in [9.17, 15) is 9.59 Å². The van der Waals surface area contributed by atoms with Crippen LogP contribution in [0.4, 0.5) is 5.82 Å². The van der Waals surface area contributed by atoms with E-state index in [1.807, 2.05) is 24.3 Å².